The van der Waals surface area contributed by atoms with E-state index < -0.39 is 0 Å². The first kappa shape index (κ1) is 21.5. The summed E-state index contributed by atoms with van der Waals surface area (Å²) < 4.78 is 16.8. The van der Waals surface area contributed by atoms with Gasteiger partial charge in [0.05, 0.1) is 21.6 Å². The Bertz CT molecular complexity index is 1460. The van der Waals surface area contributed by atoms with Crippen molar-refractivity contribution in [1.82, 2.24) is 19.3 Å². The van der Waals surface area contributed by atoms with Gasteiger partial charge >= 0.3 is 0 Å². The Labute approximate surface area is 193 Å². The highest BCUT2D eigenvalue weighted by Crippen LogP contribution is 2.31. The molecule has 0 unspecified atom stereocenters. The van der Waals surface area contributed by atoms with Crippen molar-refractivity contribution in [2.24, 2.45) is 0 Å². The third-order valence-electron chi connectivity index (χ3n) is 5.91. The summed E-state index contributed by atoms with van der Waals surface area (Å²) in [5, 5.41) is 8.13. The van der Waals surface area contributed by atoms with Crippen LogP contribution in [0.3, 0.4) is 0 Å². The van der Waals surface area contributed by atoms with Crippen LogP contribution in [0.2, 0.25) is 0 Å². The third kappa shape index (κ3) is 3.66. The Hall–Kier alpha value is -3.33. The molecule has 1 aliphatic heterocycles. The molecule has 4 aromatic rings. The number of amides is 1. The maximum absolute atomic E-state index is 13.5. The lowest BCUT2D eigenvalue weighted by atomic mass is 9.92. The Kier molecular flexibility index (Phi) is 4.97. The van der Waals surface area contributed by atoms with E-state index in [2.05, 4.69) is 15.4 Å². The zero-order chi connectivity index (χ0) is 23.5. The van der Waals surface area contributed by atoms with Gasteiger partial charge in [0.25, 0.3) is 11.5 Å². The van der Waals surface area contributed by atoms with Crippen LogP contribution in [0.25, 0.3) is 15.9 Å². The van der Waals surface area contributed by atoms with E-state index in [9.17, 15) is 14.0 Å². The second-order valence-electron chi connectivity index (χ2n) is 9.33. The molecule has 1 aliphatic rings. The van der Waals surface area contributed by atoms with Gasteiger partial charge in [0.15, 0.2) is 0 Å². The molecule has 9 heteroatoms. The topological polar surface area (TPSA) is 81.8 Å². The standard InChI is InChI=1S/C24H24FN5O2S/c1-13-19-22(27-17-6-5-11-29(17)23(19)32)33-20(13)21(31)26-18-12-16(24(2,3)4)28-30(18)15-9-7-14(25)8-10-15/h7-10,12H,5-6,11H2,1-4H3,(H,26,31). The van der Waals surface area contributed by atoms with Crippen LogP contribution in [0.4, 0.5) is 10.2 Å². The summed E-state index contributed by atoms with van der Waals surface area (Å²) >= 11 is 1.23. The quantitative estimate of drug-likeness (QED) is 0.480. The zero-order valence-corrected chi connectivity index (χ0v) is 19.7. The fraction of sp³-hybridized carbons (Fsp3) is 0.333. The molecule has 0 saturated carbocycles. The SMILES string of the molecule is Cc1c(C(=O)Nc2cc(C(C)(C)C)nn2-c2ccc(F)cc2)sc2nc3n(c(=O)c12)CCC3. The second kappa shape index (κ2) is 7.62. The van der Waals surface area contributed by atoms with Gasteiger partial charge in [0.1, 0.15) is 22.3 Å². The Morgan fingerprint density at radius 2 is 1.94 bits per heavy atom. The van der Waals surface area contributed by atoms with Crippen LogP contribution in [0, 0.1) is 12.7 Å². The second-order valence-corrected chi connectivity index (χ2v) is 10.3. The molecule has 170 valence electrons. The largest absolute Gasteiger partial charge is 0.306 e. The summed E-state index contributed by atoms with van der Waals surface area (Å²) in [6, 6.07) is 7.76. The Morgan fingerprint density at radius 3 is 2.64 bits per heavy atom. The summed E-state index contributed by atoms with van der Waals surface area (Å²) in [6.07, 6.45) is 1.69. The minimum absolute atomic E-state index is 0.0772. The van der Waals surface area contributed by atoms with Gasteiger partial charge in [-0.15, -0.1) is 11.3 Å². The molecule has 3 aromatic heterocycles. The van der Waals surface area contributed by atoms with E-state index in [0.29, 0.717) is 38.7 Å². The normalized spacial score (nSPS) is 13.5. The predicted octanol–water partition coefficient (Wildman–Crippen LogP) is 4.59. The lowest BCUT2D eigenvalue weighted by molar-refractivity contribution is 0.102. The van der Waals surface area contributed by atoms with Gasteiger partial charge in [-0.25, -0.2) is 14.1 Å². The molecule has 4 heterocycles. The van der Waals surface area contributed by atoms with Gasteiger partial charge in [0, 0.05) is 24.4 Å². The van der Waals surface area contributed by atoms with Crippen LogP contribution in [-0.4, -0.2) is 25.2 Å². The molecule has 0 spiro atoms. The molecule has 1 aromatic carbocycles. The molecular formula is C24H24FN5O2S. The van der Waals surface area contributed by atoms with Gasteiger partial charge in [-0.2, -0.15) is 5.10 Å². The average Bonchev–Trinajstić information content (AvgIpc) is 3.46. The van der Waals surface area contributed by atoms with Gasteiger partial charge < -0.3 is 5.32 Å². The lowest BCUT2D eigenvalue weighted by Gasteiger charge is -2.14. The van der Waals surface area contributed by atoms with Crippen LogP contribution in [0.15, 0.2) is 35.1 Å². The first-order valence-corrected chi connectivity index (χ1v) is 11.7. The number of carbonyl (C=O) groups is 1. The summed E-state index contributed by atoms with van der Waals surface area (Å²) in [4.78, 5) is 32.0. The monoisotopic (exact) mass is 465 g/mol. The van der Waals surface area contributed by atoms with E-state index in [0.717, 1.165) is 24.4 Å². The fourth-order valence-electron chi connectivity index (χ4n) is 4.08. The van der Waals surface area contributed by atoms with Crippen molar-refractivity contribution < 1.29 is 9.18 Å². The molecule has 0 fully saturated rings. The van der Waals surface area contributed by atoms with Crippen LogP contribution < -0.4 is 10.9 Å². The molecule has 5 rings (SSSR count). The first-order chi connectivity index (χ1) is 15.6. The third-order valence-corrected chi connectivity index (χ3v) is 7.09. The Balaban J connectivity index is 1.56. The van der Waals surface area contributed by atoms with Crippen LogP contribution in [0.1, 0.15) is 53.9 Å². The van der Waals surface area contributed by atoms with E-state index in [1.54, 1.807) is 28.3 Å². The number of aryl methyl sites for hydroxylation is 2. The van der Waals surface area contributed by atoms with Crippen LogP contribution in [-0.2, 0) is 18.4 Å². The minimum atomic E-state index is -0.348. The Morgan fingerprint density at radius 1 is 1.21 bits per heavy atom. The van der Waals surface area contributed by atoms with Crippen molar-refractivity contribution in [2.45, 2.75) is 52.5 Å². The molecule has 1 N–H and O–H groups in total. The fourth-order valence-corrected chi connectivity index (χ4v) is 5.17. The summed E-state index contributed by atoms with van der Waals surface area (Å²) in [5.74, 6) is 0.577. The minimum Gasteiger partial charge on any atom is -0.306 e. The highest BCUT2D eigenvalue weighted by atomic mass is 32.1. The van der Waals surface area contributed by atoms with Crippen molar-refractivity contribution in [3.63, 3.8) is 0 Å². The molecular weight excluding hydrogens is 441 g/mol. The number of halogens is 1. The number of thiophene rings is 1. The smallest absolute Gasteiger partial charge is 0.267 e. The number of aromatic nitrogens is 4. The number of hydrogen-bond donors (Lipinski definition) is 1. The molecule has 0 saturated heterocycles. The number of benzene rings is 1. The van der Waals surface area contributed by atoms with Crippen molar-refractivity contribution >= 4 is 33.3 Å². The van der Waals surface area contributed by atoms with E-state index in [4.69, 9.17) is 0 Å². The van der Waals surface area contributed by atoms with Crippen molar-refractivity contribution in [3.8, 4) is 5.69 Å². The van der Waals surface area contributed by atoms with E-state index in [-0.39, 0.29) is 22.7 Å². The van der Waals surface area contributed by atoms with Crippen molar-refractivity contribution in [2.75, 3.05) is 5.32 Å². The van der Waals surface area contributed by atoms with Gasteiger partial charge in [-0.05, 0) is 43.2 Å². The van der Waals surface area contributed by atoms with Crippen LogP contribution in [0.5, 0.6) is 0 Å². The molecule has 0 radical (unpaired) electrons. The number of carbonyl (C=O) groups excluding carboxylic acids is 1. The first-order valence-electron chi connectivity index (χ1n) is 10.8. The van der Waals surface area contributed by atoms with E-state index in [1.165, 1.54) is 23.5 Å². The molecule has 7 nitrogen and oxygen atoms in total. The van der Waals surface area contributed by atoms with Gasteiger partial charge in [0.2, 0.25) is 0 Å². The maximum Gasteiger partial charge on any atom is 0.267 e. The molecule has 1 amide bonds. The predicted molar refractivity (Wildman–Crippen MR) is 127 cm³/mol. The number of anilines is 1. The zero-order valence-electron chi connectivity index (χ0n) is 18.9. The molecule has 0 atom stereocenters. The van der Waals surface area contributed by atoms with Gasteiger partial charge in [-0.1, -0.05) is 20.8 Å². The number of hydrogen-bond acceptors (Lipinski definition) is 5. The number of rotatable bonds is 3. The summed E-state index contributed by atoms with van der Waals surface area (Å²) in [5.41, 5.74) is 1.72. The lowest BCUT2D eigenvalue weighted by Crippen LogP contribution is -2.21. The highest BCUT2D eigenvalue weighted by molar-refractivity contribution is 7.20. The molecule has 0 bridgehead atoms. The van der Waals surface area contributed by atoms with E-state index >= 15 is 0 Å². The maximum atomic E-state index is 13.5. The number of nitrogens with one attached hydrogen (secondary N) is 1. The van der Waals surface area contributed by atoms with Gasteiger partial charge in [-0.3, -0.25) is 14.2 Å². The highest BCUT2D eigenvalue weighted by Gasteiger charge is 2.26. The van der Waals surface area contributed by atoms with E-state index in [1.807, 2.05) is 26.8 Å². The summed E-state index contributed by atoms with van der Waals surface area (Å²) in [6.45, 7) is 8.55. The van der Waals surface area contributed by atoms with Crippen molar-refractivity contribution in [3.05, 3.63) is 68.5 Å². The van der Waals surface area contributed by atoms with Crippen molar-refractivity contribution in [1.29, 1.82) is 0 Å². The number of nitrogens with zero attached hydrogens (tertiary/aromatic N) is 4. The summed E-state index contributed by atoms with van der Waals surface area (Å²) in [7, 11) is 0. The average molecular weight is 466 g/mol. The number of fused-ring (bicyclic) bond motifs is 2. The molecule has 0 aliphatic carbocycles. The molecule has 33 heavy (non-hydrogen) atoms. The van der Waals surface area contributed by atoms with Crippen LogP contribution >= 0.6 is 11.3 Å².